The lowest BCUT2D eigenvalue weighted by molar-refractivity contribution is 0.100. The Bertz CT molecular complexity index is 1120. The van der Waals surface area contributed by atoms with E-state index in [0.717, 1.165) is 38.9 Å². The van der Waals surface area contributed by atoms with Crippen LogP contribution in [-0.4, -0.2) is 16.0 Å². The number of hydrogen-bond donors (Lipinski definition) is 2. The predicted octanol–water partition coefficient (Wildman–Crippen LogP) is 6.21. The lowest BCUT2D eigenvalue weighted by Crippen LogP contribution is -2.10. The molecule has 31 heavy (non-hydrogen) atoms. The fourth-order valence-electron chi connectivity index (χ4n) is 3.16. The molecule has 3 aromatic carbocycles. The Morgan fingerprint density at radius 3 is 2.06 bits per heavy atom. The molecule has 0 aliphatic carbocycles. The molecule has 0 radical (unpaired) electrons. The second-order valence-electron chi connectivity index (χ2n) is 6.38. The van der Waals surface area contributed by atoms with E-state index in [1.807, 2.05) is 94.4 Å². The topological polar surface area (TPSA) is 76.2 Å². The Kier molecular flexibility index (Phi) is 8.92. The minimum Gasteiger partial charge on any atom is -0.392 e. The quantitative estimate of drug-likeness (QED) is 0.417. The summed E-state index contributed by atoms with van der Waals surface area (Å²) >= 11 is 0. The fraction of sp³-hybridized carbons (Fsp3) is 0.185. The molecule has 0 saturated carbocycles. The maximum Gasteiger partial charge on any atom is 0.248 e. The molecule has 1 amide bonds. The molecule has 0 aliphatic heterocycles. The smallest absolute Gasteiger partial charge is 0.248 e. The Morgan fingerprint density at radius 2 is 1.48 bits per heavy atom. The highest BCUT2D eigenvalue weighted by Crippen LogP contribution is 2.33. The van der Waals surface area contributed by atoms with Gasteiger partial charge in [0.2, 0.25) is 5.91 Å². The average molecular weight is 415 g/mol. The second kappa shape index (κ2) is 11.6. The van der Waals surface area contributed by atoms with Crippen molar-refractivity contribution < 1.29 is 9.90 Å². The molecule has 0 bridgehead atoms. The zero-order valence-corrected chi connectivity index (χ0v) is 18.6. The molecule has 0 unspecified atom stereocenters. The van der Waals surface area contributed by atoms with Gasteiger partial charge in [0.05, 0.1) is 17.8 Å². The number of carbonyl (C=O) groups excluding carboxylic acids is 1. The van der Waals surface area contributed by atoms with Gasteiger partial charge in [0.15, 0.2) is 0 Å². The van der Waals surface area contributed by atoms with Crippen LogP contribution in [0.2, 0.25) is 0 Å². The number of primary amides is 1. The summed E-state index contributed by atoms with van der Waals surface area (Å²) in [5.74, 6) is -0.457. The molecule has 0 spiro atoms. The van der Waals surface area contributed by atoms with Crippen LogP contribution in [0.5, 0.6) is 0 Å². The molecule has 160 valence electrons. The van der Waals surface area contributed by atoms with Crippen molar-refractivity contribution in [3.8, 4) is 22.4 Å². The van der Waals surface area contributed by atoms with E-state index in [-0.39, 0.29) is 6.61 Å². The van der Waals surface area contributed by atoms with Gasteiger partial charge in [-0.15, -0.1) is 0 Å². The zero-order valence-electron chi connectivity index (χ0n) is 18.6. The highest BCUT2D eigenvalue weighted by molar-refractivity contribution is 5.99. The van der Waals surface area contributed by atoms with Crippen LogP contribution in [0.15, 0.2) is 78.9 Å². The number of benzene rings is 3. The number of aliphatic hydroxyl groups is 1. The van der Waals surface area contributed by atoms with Crippen molar-refractivity contribution in [3.05, 3.63) is 90.0 Å². The molecule has 4 aromatic rings. The van der Waals surface area contributed by atoms with Gasteiger partial charge in [-0.3, -0.25) is 4.79 Å². The van der Waals surface area contributed by atoms with Crippen molar-refractivity contribution in [2.75, 3.05) is 0 Å². The number of nitrogens with two attached hydrogens (primary N) is 1. The molecule has 4 heteroatoms. The highest BCUT2D eigenvalue weighted by Gasteiger charge is 2.12. The number of rotatable bonds is 4. The van der Waals surface area contributed by atoms with E-state index in [9.17, 15) is 9.90 Å². The summed E-state index contributed by atoms with van der Waals surface area (Å²) in [6.45, 7) is 8.01. The zero-order chi connectivity index (χ0) is 22.8. The number of aliphatic hydroxyl groups excluding tert-OH is 1. The standard InChI is InChI=1S/C23H18N2O2.2C2H6/c24-23(27)18-10-11-21-19(12-18)13-20(16-4-2-1-3-5-16)22(25-21)17-8-6-15(14-26)7-9-17;2*1-2/h1-13,26H,14H2,(H2,24,27);2*1-2H3. The van der Waals surface area contributed by atoms with Crippen LogP contribution in [0.3, 0.4) is 0 Å². The maximum atomic E-state index is 11.5. The molecule has 4 rings (SSSR count). The molecule has 0 aliphatic rings. The van der Waals surface area contributed by atoms with Crippen LogP contribution in [0.4, 0.5) is 0 Å². The highest BCUT2D eigenvalue weighted by atomic mass is 16.3. The van der Waals surface area contributed by atoms with Crippen LogP contribution in [0.25, 0.3) is 33.3 Å². The van der Waals surface area contributed by atoms with Crippen molar-refractivity contribution >= 4 is 16.8 Å². The molecule has 1 heterocycles. The fourth-order valence-corrected chi connectivity index (χ4v) is 3.16. The number of pyridine rings is 1. The maximum absolute atomic E-state index is 11.5. The third kappa shape index (κ3) is 5.56. The van der Waals surface area contributed by atoms with Crippen molar-refractivity contribution in [1.82, 2.24) is 4.98 Å². The minimum atomic E-state index is -0.457. The van der Waals surface area contributed by atoms with Gasteiger partial charge in [0.25, 0.3) is 0 Å². The third-order valence-corrected chi connectivity index (χ3v) is 4.59. The van der Waals surface area contributed by atoms with E-state index in [1.54, 1.807) is 12.1 Å². The van der Waals surface area contributed by atoms with Gasteiger partial charge in [-0.25, -0.2) is 4.98 Å². The van der Waals surface area contributed by atoms with Crippen molar-refractivity contribution in [2.45, 2.75) is 34.3 Å². The number of hydrogen-bond acceptors (Lipinski definition) is 3. The molecule has 0 saturated heterocycles. The lowest BCUT2D eigenvalue weighted by atomic mass is 9.96. The molecule has 0 atom stereocenters. The van der Waals surface area contributed by atoms with Gasteiger partial charge in [-0.05, 0) is 35.4 Å². The number of nitrogens with zero attached hydrogens (tertiary/aromatic N) is 1. The first-order valence-corrected chi connectivity index (χ1v) is 10.7. The first kappa shape index (κ1) is 23.8. The van der Waals surface area contributed by atoms with E-state index < -0.39 is 5.91 Å². The molecule has 1 aromatic heterocycles. The lowest BCUT2D eigenvalue weighted by Gasteiger charge is -2.12. The van der Waals surface area contributed by atoms with E-state index >= 15 is 0 Å². The molecule has 4 nitrogen and oxygen atoms in total. The van der Waals surface area contributed by atoms with Crippen molar-refractivity contribution in [3.63, 3.8) is 0 Å². The number of fused-ring (bicyclic) bond motifs is 1. The van der Waals surface area contributed by atoms with Gasteiger partial charge in [-0.2, -0.15) is 0 Å². The van der Waals surface area contributed by atoms with E-state index in [0.29, 0.717) is 5.56 Å². The Balaban J connectivity index is 0.000000807. The van der Waals surface area contributed by atoms with Crippen LogP contribution in [-0.2, 0) is 6.61 Å². The largest absolute Gasteiger partial charge is 0.392 e. The van der Waals surface area contributed by atoms with Crippen molar-refractivity contribution in [2.24, 2.45) is 5.73 Å². The van der Waals surface area contributed by atoms with Gasteiger partial charge in [0.1, 0.15) is 0 Å². The first-order chi connectivity index (χ1) is 15.2. The summed E-state index contributed by atoms with van der Waals surface area (Å²) in [5, 5.41) is 10.2. The van der Waals surface area contributed by atoms with E-state index in [4.69, 9.17) is 10.7 Å². The van der Waals surface area contributed by atoms with E-state index in [2.05, 4.69) is 0 Å². The molecular weight excluding hydrogens is 384 g/mol. The molecular formula is C27H30N2O2. The van der Waals surface area contributed by atoms with Crippen LogP contribution < -0.4 is 5.73 Å². The molecule has 3 N–H and O–H groups in total. The van der Waals surface area contributed by atoms with Gasteiger partial charge >= 0.3 is 0 Å². The second-order valence-corrected chi connectivity index (χ2v) is 6.38. The minimum absolute atomic E-state index is 0.00681. The van der Waals surface area contributed by atoms with Crippen LogP contribution in [0.1, 0.15) is 43.6 Å². The van der Waals surface area contributed by atoms with Crippen LogP contribution in [0, 0.1) is 0 Å². The summed E-state index contributed by atoms with van der Waals surface area (Å²) in [6.07, 6.45) is 0. The Morgan fingerprint density at radius 1 is 0.839 bits per heavy atom. The van der Waals surface area contributed by atoms with Gasteiger partial charge in [-0.1, -0.05) is 82.3 Å². The van der Waals surface area contributed by atoms with E-state index in [1.165, 1.54) is 0 Å². The SMILES string of the molecule is CC.CC.NC(=O)c1ccc2nc(-c3ccc(CO)cc3)c(-c3ccccc3)cc2c1. The summed E-state index contributed by atoms with van der Waals surface area (Å²) in [6, 6.07) is 25.0. The van der Waals surface area contributed by atoms with Gasteiger partial charge in [0, 0.05) is 22.1 Å². The summed E-state index contributed by atoms with van der Waals surface area (Å²) in [4.78, 5) is 16.4. The Labute approximate surface area is 184 Å². The summed E-state index contributed by atoms with van der Waals surface area (Å²) in [7, 11) is 0. The summed E-state index contributed by atoms with van der Waals surface area (Å²) < 4.78 is 0. The first-order valence-electron chi connectivity index (χ1n) is 10.7. The number of carbonyl (C=O) groups is 1. The normalized spacial score (nSPS) is 9.84. The molecule has 0 fully saturated rings. The monoisotopic (exact) mass is 414 g/mol. The summed E-state index contributed by atoms with van der Waals surface area (Å²) in [5.41, 5.74) is 11.4. The Hall–Kier alpha value is -3.50. The van der Waals surface area contributed by atoms with Crippen LogP contribution >= 0.6 is 0 Å². The number of amides is 1. The average Bonchev–Trinajstić information content (AvgIpc) is 2.86. The van der Waals surface area contributed by atoms with Crippen molar-refractivity contribution in [1.29, 1.82) is 0 Å². The predicted molar refractivity (Wildman–Crippen MR) is 130 cm³/mol. The number of aromatic nitrogens is 1. The third-order valence-electron chi connectivity index (χ3n) is 4.59. The van der Waals surface area contributed by atoms with Gasteiger partial charge < -0.3 is 10.8 Å².